The number of ketones is 1. The van der Waals surface area contributed by atoms with Crippen LogP contribution in [-0.2, 0) is 16.6 Å². The van der Waals surface area contributed by atoms with Crippen molar-refractivity contribution in [2.24, 2.45) is 0 Å². The predicted octanol–water partition coefficient (Wildman–Crippen LogP) is 2.48. The van der Waals surface area contributed by atoms with Crippen LogP contribution in [0.1, 0.15) is 15.9 Å². The van der Waals surface area contributed by atoms with E-state index in [2.05, 4.69) is 4.72 Å². The van der Waals surface area contributed by atoms with Gasteiger partial charge < -0.3 is 4.90 Å². The molecule has 5 nitrogen and oxygen atoms in total. The van der Waals surface area contributed by atoms with E-state index in [1.807, 2.05) is 14.1 Å². The van der Waals surface area contributed by atoms with E-state index in [0.29, 0.717) is 5.56 Å². The summed E-state index contributed by atoms with van der Waals surface area (Å²) in [5, 5.41) is 1.71. The van der Waals surface area contributed by atoms with Gasteiger partial charge in [0, 0.05) is 38.5 Å². The number of hydrogen-bond donors (Lipinski definition) is 1. The summed E-state index contributed by atoms with van der Waals surface area (Å²) in [4.78, 5) is 13.8. The van der Waals surface area contributed by atoms with Crippen LogP contribution in [0.15, 0.2) is 58.3 Å². The van der Waals surface area contributed by atoms with E-state index in [4.69, 9.17) is 0 Å². The Hall–Kier alpha value is -1.96. The van der Waals surface area contributed by atoms with Crippen LogP contribution in [0.2, 0.25) is 0 Å². The molecule has 23 heavy (non-hydrogen) atoms. The Morgan fingerprint density at radius 3 is 2.70 bits per heavy atom. The van der Waals surface area contributed by atoms with Gasteiger partial charge in [0.15, 0.2) is 5.78 Å². The zero-order chi connectivity index (χ0) is 16.9. The van der Waals surface area contributed by atoms with E-state index in [9.17, 15) is 13.2 Å². The number of benzene rings is 1. The van der Waals surface area contributed by atoms with Gasteiger partial charge in [-0.1, -0.05) is 24.3 Å². The van der Waals surface area contributed by atoms with Gasteiger partial charge in [0.05, 0.1) is 0 Å². The van der Waals surface area contributed by atoms with Gasteiger partial charge in [0.25, 0.3) is 0 Å². The van der Waals surface area contributed by atoms with Crippen LogP contribution in [0, 0.1) is 0 Å². The molecule has 7 heteroatoms. The first-order valence-electron chi connectivity index (χ1n) is 6.89. The van der Waals surface area contributed by atoms with E-state index in [1.165, 1.54) is 6.08 Å². The van der Waals surface area contributed by atoms with Crippen molar-refractivity contribution >= 4 is 27.1 Å². The molecule has 0 spiro atoms. The van der Waals surface area contributed by atoms with Gasteiger partial charge in [-0.15, -0.1) is 11.3 Å². The summed E-state index contributed by atoms with van der Waals surface area (Å²) in [6.07, 6.45) is 3.16. The molecular formula is C16H18N2O3S2. The van der Waals surface area contributed by atoms with Crippen molar-refractivity contribution in [1.29, 1.82) is 0 Å². The molecule has 1 heterocycles. The minimum atomic E-state index is -3.51. The maximum absolute atomic E-state index is 12.1. The van der Waals surface area contributed by atoms with Crippen molar-refractivity contribution < 1.29 is 13.2 Å². The molecule has 1 aromatic carbocycles. The molecule has 0 aliphatic rings. The standard InChI is InChI=1S/C16H18N2O3S2/c1-18(2)9-8-15(19)14-6-3-5-13(11-14)12-17-23(20,21)16-7-4-10-22-16/h3-11,17H,12H2,1-2H3. The highest BCUT2D eigenvalue weighted by Gasteiger charge is 2.14. The summed E-state index contributed by atoms with van der Waals surface area (Å²) in [5.74, 6) is -0.123. The summed E-state index contributed by atoms with van der Waals surface area (Å²) in [5.41, 5.74) is 1.25. The SMILES string of the molecule is CN(C)C=CC(=O)c1cccc(CNS(=O)(=O)c2cccs2)c1. The summed E-state index contributed by atoms with van der Waals surface area (Å²) < 4.78 is 27.0. The second kappa shape index (κ2) is 7.54. The van der Waals surface area contributed by atoms with Crippen molar-refractivity contribution in [3.05, 3.63) is 65.2 Å². The molecule has 1 aromatic heterocycles. The number of carbonyl (C=O) groups is 1. The molecule has 0 fully saturated rings. The Morgan fingerprint density at radius 1 is 1.26 bits per heavy atom. The third kappa shape index (κ3) is 5.02. The van der Waals surface area contributed by atoms with Crippen LogP contribution in [0.5, 0.6) is 0 Å². The first-order valence-corrected chi connectivity index (χ1v) is 9.26. The molecule has 0 saturated carbocycles. The number of hydrogen-bond acceptors (Lipinski definition) is 5. The third-order valence-corrected chi connectivity index (χ3v) is 5.76. The lowest BCUT2D eigenvalue weighted by Crippen LogP contribution is -2.22. The topological polar surface area (TPSA) is 66.5 Å². The van der Waals surface area contributed by atoms with Gasteiger partial charge in [-0.2, -0.15) is 0 Å². The fourth-order valence-electron chi connectivity index (χ4n) is 1.81. The van der Waals surface area contributed by atoms with Crippen LogP contribution in [0.4, 0.5) is 0 Å². The number of rotatable bonds is 7. The molecule has 122 valence electrons. The van der Waals surface area contributed by atoms with Gasteiger partial charge in [-0.3, -0.25) is 4.79 Å². The Labute approximate surface area is 140 Å². The average molecular weight is 350 g/mol. The zero-order valence-electron chi connectivity index (χ0n) is 12.9. The Balaban J connectivity index is 2.07. The second-order valence-corrected chi connectivity index (χ2v) is 8.04. The number of carbonyl (C=O) groups excluding carboxylic acids is 1. The molecule has 0 unspecified atom stereocenters. The van der Waals surface area contributed by atoms with Gasteiger partial charge in [0.2, 0.25) is 10.0 Å². The molecule has 0 aliphatic carbocycles. The second-order valence-electron chi connectivity index (χ2n) is 5.10. The lowest BCUT2D eigenvalue weighted by atomic mass is 10.1. The van der Waals surface area contributed by atoms with Crippen molar-refractivity contribution in [3.8, 4) is 0 Å². The number of sulfonamides is 1. The van der Waals surface area contributed by atoms with E-state index < -0.39 is 10.0 Å². The van der Waals surface area contributed by atoms with Gasteiger partial charge >= 0.3 is 0 Å². The molecule has 2 rings (SSSR count). The lowest BCUT2D eigenvalue weighted by Gasteiger charge is -2.06. The number of allylic oxidation sites excluding steroid dienone is 1. The number of thiophene rings is 1. The molecule has 0 saturated heterocycles. The van der Waals surface area contributed by atoms with E-state index in [0.717, 1.165) is 16.9 Å². The molecule has 0 amide bonds. The summed E-state index contributed by atoms with van der Waals surface area (Å²) in [7, 11) is 0.159. The highest BCUT2D eigenvalue weighted by atomic mass is 32.2. The quantitative estimate of drug-likeness (QED) is 0.615. The minimum Gasteiger partial charge on any atom is -0.383 e. The summed E-state index contributed by atoms with van der Waals surface area (Å²) in [6.45, 7) is 0.138. The Morgan fingerprint density at radius 2 is 2.04 bits per heavy atom. The first-order chi connectivity index (χ1) is 10.9. The fourth-order valence-corrected chi connectivity index (χ4v) is 3.87. The molecule has 0 aliphatic heterocycles. The van der Waals surface area contributed by atoms with Crippen molar-refractivity contribution in [2.45, 2.75) is 10.8 Å². The highest BCUT2D eigenvalue weighted by molar-refractivity contribution is 7.91. The number of nitrogens with one attached hydrogen (secondary N) is 1. The predicted molar refractivity (Wildman–Crippen MR) is 91.9 cm³/mol. The molecule has 2 aromatic rings. The fraction of sp³-hybridized carbons (Fsp3) is 0.188. The minimum absolute atomic E-state index is 0.123. The third-order valence-electron chi connectivity index (χ3n) is 2.96. The van der Waals surface area contributed by atoms with E-state index in [1.54, 1.807) is 52.9 Å². The van der Waals surface area contributed by atoms with Crippen LogP contribution in [0.25, 0.3) is 0 Å². The van der Waals surface area contributed by atoms with Crippen molar-refractivity contribution in [1.82, 2.24) is 9.62 Å². The first kappa shape index (κ1) is 17.4. The molecule has 0 radical (unpaired) electrons. The summed E-state index contributed by atoms with van der Waals surface area (Å²) in [6, 6.07) is 10.2. The van der Waals surface area contributed by atoms with Crippen molar-refractivity contribution in [2.75, 3.05) is 14.1 Å². The largest absolute Gasteiger partial charge is 0.383 e. The highest BCUT2D eigenvalue weighted by Crippen LogP contribution is 2.16. The van der Waals surface area contributed by atoms with Crippen LogP contribution in [-0.4, -0.2) is 33.2 Å². The van der Waals surface area contributed by atoms with Gasteiger partial charge in [-0.25, -0.2) is 13.1 Å². The Kier molecular flexibility index (Phi) is 5.70. The van der Waals surface area contributed by atoms with Crippen LogP contribution in [0.3, 0.4) is 0 Å². The number of nitrogens with zero attached hydrogens (tertiary/aromatic N) is 1. The lowest BCUT2D eigenvalue weighted by molar-refractivity contribution is 0.104. The van der Waals surface area contributed by atoms with Crippen LogP contribution < -0.4 is 4.72 Å². The van der Waals surface area contributed by atoms with Crippen molar-refractivity contribution in [3.63, 3.8) is 0 Å². The monoisotopic (exact) mass is 350 g/mol. The van der Waals surface area contributed by atoms with Crippen LogP contribution >= 0.6 is 11.3 Å². The summed E-state index contributed by atoms with van der Waals surface area (Å²) >= 11 is 1.16. The van der Waals surface area contributed by atoms with Gasteiger partial charge in [0.1, 0.15) is 4.21 Å². The zero-order valence-corrected chi connectivity index (χ0v) is 14.5. The Bertz CT molecular complexity index is 794. The maximum atomic E-state index is 12.1. The molecule has 0 bridgehead atoms. The molecule has 1 N–H and O–H groups in total. The van der Waals surface area contributed by atoms with E-state index >= 15 is 0 Å². The van der Waals surface area contributed by atoms with Gasteiger partial charge in [-0.05, 0) is 23.1 Å². The smallest absolute Gasteiger partial charge is 0.250 e. The maximum Gasteiger partial charge on any atom is 0.250 e. The van der Waals surface area contributed by atoms with E-state index in [-0.39, 0.29) is 16.5 Å². The molecular weight excluding hydrogens is 332 g/mol. The average Bonchev–Trinajstić information content (AvgIpc) is 3.06. The normalized spacial score (nSPS) is 11.7. The molecule has 0 atom stereocenters.